The summed E-state index contributed by atoms with van der Waals surface area (Å²) in [4.78, 5) is 2.36. The molecule has 2 aliphatic heterocycles. The molecule has 18 heavy (non-hydrogen) atoms. The highest BCUT2D eigenvalue weighted by Gasteiger charge is 2.36. The summed E-state index contributed by atoms with van der Waals surface area (Å²) >= 11 is 0. The standard InChI is InChI=1S/C14H19NO3/c1-17-13-5-9-3-4-15-8-10(16)6-12(15)11(9)7-14(13)18-2/h5,7,10,12,16H,3-4,6,8H2,1-2H3/t10-,12+/m0/s1. The molecular weight excluding hydrogens is 230 g/mol. The van der Waals surface area contributed by atoms with E-state index in [-0.39, 0.29) is 6.10 Å². The van der Waals surface area contributed by atoms with Crippen molar-refractivity contribution >= 4 is 0 Å². The first-order valence-electron chi connectivity index (χ1n) is 6.40. The molecule has 0 radical (unpaired) electrons. The van der Waals surface area contributed by atoms with Crippen LogP contribution < -0.4 is 9.47 Å². The first-order chi connectivity index (χ1) is 8.72. The largest absolute Gasteiger partial charge is 0.493 e. The quantitative estimate of drug-likeness (QED) is 0.859. The lowest BCUT2D eigenvalue weighted by atomic mass is 9.92. The zero-order valence-corrected chi connectivity index (χ0v) is 10.8. The van der Waals surface area contributed by atoms with Gasteiger partial charge in [0.1, 0.15) is 0 Å². The van der Waals surface area contributed by atoms with Crippen molar-refractivity contribution in [1.29, 1.82) is 0 Å². The molecule has 1 aromatic carbocycles. The first kappa shape index (κ1) is 11.8. The van der Waals surface area contributed by atoms with Gasteiger partial charge < -0.3 is 14.6 Å². The molecule has 2 heterocycles. The third kappa shape index (κ3) is 1.76. The van der Waals surface area contributed by atoms with Gasteiger partial charge in [0.25, 0.3) is 0 Å². The summed E-state index contributed by atoms with van der Waals surface area (Å²) in [5.41, 5.74) is 2.61. The Labute approximate surface area is 107 Å². The fraction of sp³-hybridized carbons (Fsp3) is 0.571. The van der Waals surface area contributed by atoms with E-state index in [0.717, 1.165) is 37.4 Å². The number of ether oxygens (including phenoxy) is 2. The van der Waals surface area contributed by atoms with Crippen molar-refractivity contribution < 1.29 is 14.6 Å². The van der Waals surface area contributed by atoms with Gasteiger partial charge in [-0.05, 0) is 36.1 Å². The predicted molar refractivity (Wildman–Crippen MR) is 68.2 cm³/mol. The van der Waals surface area contributed by atoms with Crippen LogP contribution in [0.3, 0.4) is 0 Å². The molecule has 0 unspecified atom stereocenters. The number of hydrogen-bond acceptors (Lipinski definition) is 4. The van der Waals surface area contributed by atoms with Crippen molar-refractivity contribution in [1.82, 2.24) is 4.90 Å². The summed E-state index contributed by atoms with van der Waals surface area (Å²) in [5.74, 6) is 1.57. The van der Waals surface area contributed by atoms with Crippen LogP contribution in [0.25, 0.3) is 0 Å². The van der Waals surface area contributed by atoms with Gasteiger partial charge in [-0.25, -0.2) is 0 Å². The minimum Gasteiger partial charge on any atom is -0.493 e. The van der Waals surface area contributed by atoms with Crippen LogP contribution in [0, 0.1) is 0 Å². The monoisotopic (exact) mass is 249 g/mol. The number of hydrogen-bond donors (Lipinski definition) is 1. The zero-order chi connectivity index (χ0) is 12.7. The normalized spacial score (nSPS) is 26.6. The number of aliphatic hydroxyl groups excluding tert-OH is 1. The average molecular weight is 249 g/mol. The van der Waals surface area contributed by atoms with Gasteiger partial charge in [-0.15, -0.1) is 0 Å². The molecule has 2 aliphatic rings. The van der Waals surface area contributed by atoms with Gasteiger partial charge in [-0.3, -0.25) is 4.90 Å². The van der Waals surface area contributed by atoms with E-state index >= 15 is 0 Å². The van der Waals surface area contributed by atoms with Crippen molar-refractivity contribution in [3.05, 3.63) is 23.3 Å². The smallest absolute Gasteiger partial charge is 0.161 e. The Morgan fingerprint density at radius 2 is 1.94 bits per heavy atom. The maximum absolute atomic E-state index is 9.82. The summed E-state index contributed by atoms with van der Waals surface area (Å²) in [6.45, 7) is 1.81. The SMILES string of the molecule is COc1cc2c(cc1OC)[C@H]1C[C@H](O)CN1CC2. The molecule has 4 nitrogen and oxygen atoms in total. The van der Waals surface area contributed by atoms with Gasteiger partial charge in [0.2, 0.25) is 0 Å². The Hall–Kier alpha value is -1.26. The first-order valence-corrected chi connectivity index (χ1v) is 6.40. The fourth-order valence-corrected chi connectivity index (χ4v) is 3.18. The molecule has 1 N–H and O–H groups in total. The van der Waals surface area contributed by atoms with Gasteiger partial charge in [0.15, 0.2) is 11.5 Å². The highest BCUT2D eigenvalue weighted by molar-refractivity contribution is 5.49. The maximum atomic E-state index is 9.82. The van der Waals surface area contributed by atoms with Crippen LogP contribution >= 0.6 is 0 Å². The summed E-state index contributed by atoms with van der Waals surface area (Å²) < 4.78 is 10.7. The van der Waals surface area contributed by atoms with Crippen LogP contribution in [0.4, 0.5) is 0 Å². The number of aliphatic hydroxyl groups is 1. The van der Waals surface area contributed by atoms with Crippen molar-refractivity contribution in [2.75, 3.05) is 27.3 Å². The second-order valence-electron chi connectivity index (χ2n) is 5.06. The van der Waals surface area contributed by atoms with Crippen molar-refractivity contribution in [3.63, 3.8) is 0 Å². The number of methoxy groups -OCH3 is 2. The molecule has 2 atom stereocenters. The molecule has 0 bridgehead atoms. The highest BCUT2D eigenvalue weighted by Crippen LogP contribution is 2.42. The molecule has 0 saturated carbocycles. The van der Waals surface area contributed by atoms with Gasteiger partial charge >= 0.3 is 0 Å². The fourth-order valence-electron chi connectivity index (χ4n) is 3.18. The van der Waals surface area contributed by atoms with E-state index in [2.05, 4.69) is 17.0 Å². The third-order valence-corrected chi connectivity index (χ3v) is 4.05. The molecule has 0 spiro atoms. The van der Waals surface area contributed by atoms with E-state index in [1.54, 1.807) is 14.2 Å². The van der Waals surface area contributed by atoms with Crippen LogP contribution in [0.1, 0.15) is 23.6 Å². The summed E-state index contributed by atoms with van der Waals surface area (Å²) in [6, 6.07) is 4.49. The Balaban J connectivity index is 2.03. The van der Waals surface area contributed by atoms with Gasteiger partial charge in [-0.1, -0.05) is 0 Å². The number of benzene rings is 1. The molecule has 4 heteroatoms. The number of nitrogens with zero attached hydrogens (tertiary/aromatic N) is 1. The minimum atomic E-state index is -0.200. The minimum absolute atomic E-state index is 0.200. The van der Waals surface area contributed by atoms with Gasteiger partial charge in [-0.2, -0.15) is 0 Å². The van der Waals surface area contributed by atoms with Crippen LogP contribution in [0.15, 0.2) is 12.1 Å². The molecule has 1 saturated heterocycles. The molecule has 98 valence electrons. The summed E-state index contributed by atoms with van der Waals surface area (Å²) in [6.07, 6.45) is 1.63. The second-order valence-corrected chi connectivity index (χ2v) is 5.06. The van der Waals surface area contributed by atoms with Crippen LogP contribution in [0.5, 0.6) is 11.5 Å². The lowest BCUT2D eigenvalue weighted by Gasteiger charge is -2.32. The van der Waals surface area contributed by atoms with Gasteiger partial charge in [0, 0.05) is 19.1 Å². The van der Waals surface area contributed by atoms with E-state index in [4.69, 9.17) is 9.47 Å². The van der Waals surface area contributed by atoms with E-state index in [1.807, 2.05) is 0 Å². The van der Waals surface area contributed by atoms with E-state index < -0.39 is 0 Å². The number of fused-ring (bicyclic) bond motifs is 3. The van der Waals surface area contributed by atoms with Crippen molar-refractivity contribution in [2.45, 2.75) is 25.0 Å². The van der Waals surface area contributed by atoms with Crippen LogP contribution in [-0.2, 0) is 6.42 Å². The van der Waals surface area contributed by atoms with Crippen molar-refractivity contribution in [2.24, 2.45) is 0 Å². The maximum Gasteiger partial charge on any atom is 0.161 e. The Morgan fingerprint density at radius 1 is 1.22 bits per heavy atom. The molecule has 3 rings (SSSR count). The van der Waals surface area contributed by atoms with Crippen LogP contribution in [0.2, 0.25) is 0 Å². The van der Waals surface area contributed by atoms with Crippen molar-refractivity contribution in [3.8, 4) is 11.5 Å². The molecule has 0 aromatic heterocycles. The summed E-state index contributed by atoms with van der Waals surface area (Å²) in [5, 5.41) is 9.82. The Morgan fingerprint density at radius 3 is 2.67 bits per heavy atom. The summed E-state index contributed by atoms with van der Waals surface area (Å²) in [7, 11) is 3.33. The number of rotatable bonds is 2. The zero-order valence-electron chi connectivity index (χ0n) is 10.8. The topological polar surface area (TPSA) is 41.9 Å². The van der Waals surface area contributed by atoms with Crippen LogP contribution in [-0.4, -0.2) is 43.4 Å². The van der Waals surface area contributed by atoms with Gasteiger partial charge in [0.05, 0.1) is 20.3 Å². The van der Waals surface area contributed by atoms with E-state index in [0.29, 0.717) is 6.04 Å². The Kier molecular flexibility index (Phi) is 2.92. The lowest BCUT2D eigenvalue weighted by Crippen LogP contribution is -2.31. The molecule has 0 amide bonds. The van der Waals surface area contributed by atoms with E-state index in [1.165, 1.54) is 11.1 Å². The predicted octanol–water partition coefficient (Wildman–Crippen LogP) is 1.37. The average Bonchev–Trinajstić information content (AvgIpc) is 2.77. The lowest BCUT2D eigenvalue weighted by molar-refractivity contribution is 0.174. The third-order valence-electron chi connectivity index (χ3n) is 4.05. The second kappa shape index (κ2) is 4.44. The molecule has 1 fully saturated rings. The van der Waals surface area contributed by atoms with E-state index in [9.17, 15) is 5.11 Å². The molecular formula is C14H19NO3. The molecule has 0 aliphatic carbocycles. The molecule has 1 aromatic rings. The highest BCUT2D eigenvalue weighted by atomic mass is 16.5. The Bertz CT molecular complexity index is 461.